The maximum absolute atomic E-state index is 11.4. The highest BCUT2D eigenvalue weighted by Crippen LogP contribution is 2.66. The lowest BCUT2D eigenvalue weighted by Crippen LogP contribution is -2.38. The summed E-state index contributed by atoms with van der Waals surface area (Å²) >= 11 is 0. The second-order valence-corrected chi connectivity index (χ2v) is 5.94. The maximum atomic E-state index is 11.4. The summed E-state index contributed by atoms with van der Waals surface area (Å²) in [7, 11) is 0. The Morgan fingerprint density at radius 3 is 2.47 bits per heavy atom. The summed E-state index contributed by atoms with van der Waals surface area (Å²) in [6, 6.07) is 0. The molecule has 0 amide bonds. The van der Waals surface area contributed by atoms with E-state index in [0.29, 0.717) is 11.8 Å². The fourth-order valence-corrected chi connectivity index (χ4v) is 3.55. The van der Waals surface area contributed by atoms with Crippen molar-refractivity contribution in [3.63, 3.8) is 0 Å². The van der Waals surface area contributed by atoms with E-state index in [1.807, 2.05) is 6.92 Å². The number of carbonyl (C=O) groups is 1. The number of fused-ring (bicyclic) bond motifs is 2. The first kappa shape index (κ1) is 11.0. The molecule has 2 aliphatic carbocycles. The van der Waals surface area contributed by atoms with Crippen LogP contribution in [0.3, 0.4) is 0 Å². The van der Waals surface area contributed by atoms with E-state index >= 15 is 0 Å². The third kappa shape index (κ3) is 1.33. The predicted octanol–water partition coefficient (Wildman–Crippen LogP) is 3.15. The van der Waals surface area contributed by atoms with Gasteiger partial charge in [0.15, 0.2) is 0 Å². The lowest BCUT2D eigenvalue weighted by Gasteiger charge is -2.38. The molecule has 0 saturated heterocycles. The Balaban J connectivity index is 2.15. The van der Waals surface area contributed by atoms with Crippen molar-refractivity contribution in [3.8, 4) is 0 Å². The molecule has 2 bridgehead atoms. The van der Waals surface area contributed by atoms with Crippen LogP contribution in [0.5, 0.6) is 0 Å². The molecule has 2 aliphatic rings. The minimum atomic E-state index is -0.0374. The van der Waals surface area contributed by atoms with Crippen LogP contribution in [0.25, 0.3) is 0 Å². The summed E-state index contributed by atoms with van der Waals surface area (Å²) < 4.78 is 5.59. The van der Waals surface area contributed by atoms with Gasteiger partial charge in [-0.25, -0.2) is 0 Å². The van der Waals surface area contributed by atoms with Gasteiger partial charge < -0.3 is 4.74 Å². The van der Waals surface area contributed by atoms with Gasteiger partial charge in [0.05, 0.1) is 0 Å². The van der Waals surface area contributed by atoms with Crippen LogP contribution in [0.1, 0.15) is 53.4 Å². The Morgan fingerprint density at radius 1 is 1.40 bits per heavy atom. The zero-order valence-electron chi connectivity index (χ0n) is 10.3. The summed E-state index contributed by atoms with van der Waals surface area (Å²) in [5.74, 6) is 0.710. The predicted molar refractivity (Wildman–Crippen MR) is 59.4 cm³/mol. The number of carbonyl (C=O) groups excluding carboxylic acids is 1. The summed E-state index contributed by atoms with van der Waals surface area (Å²) in [6.07, 6.45) is 4.27. The van der Waals surface area contributed by atoms with Crippen LogP contribution in [0.2, 0.25) is 0 Å². The fraction of sp³-hybridized carbons (Fsp3) is 0.923. The monoisotopic (exact) mass is 210 g/mol. The van der Waals surface area contributed by atoms with E-state index in [1.165, 1.54) is 12.8 Å². The summed E-state index contributed by atoms with van der Waals surface area (Å²) in [6.45, 7) is 8.84. The summed E-state index contributed by atoms with van der Waals surface area (Å²) in [4.78, 5) is 11.4. The molecule has 2 nitrogen and oxygen atoms in total. The van der Waals surface area contributed by atoms with E-state index in [9.17, 15) is 4.79 Å². The van der Waals surface area contributed by atoms with E-state index in [0.717, 1.165) is 12.3 Å². The van der Waals surface area contributed by atoms with Crippen molar-refractivity contribution < 1.29 is 9.53 Å². The average molecular weight is 210 g/mol. The van der Waals surface area contributed by atoms with Crippen molar-refractivity contribution in [3.05, 3.63) is 0 Å². The van der Waals surface area contributed by atoms with Crippen molar-refractivity contribution in [2.45, 2.75) is 59.5 Å². The van der Waals surface area contributed by atoms with Crippen LogP contribution in [0.4, 0.5) is 0 Å². The number of ether oxygens (including phenoxy) is 1. The molecule has 3 atom stereocenters. The molecule has 2 saturated carbocycles. The molecule has 0 aromatic rings. The lowest BCUT2D eigenvalue weighted by atomic mass is 9.70. The molecule has 86 valence electrons. The molecule has 0 aromatic heterocycles. The standard InChI is InChI=1S/C13H22O2/c1-5-11(14)15-10-8-9-6-7-13(10,4)12(9,2)3/h9-10H,5-8H2,1-4H3. The normalized spacial score (nSPS) is 41.9. The molecule has 0 N–H and O–H groups in total. The molecular weight excluding hydrogens is 188 g/mol. The first-order valence-electron chi connectivity index (χ1n) is 6.11. The SMILES string of the molecule is CCC(=O)OC1CC2CCC1(C)C2(C)C. The van der Waals surface area contributed by atoms with Gasteiger partial charge in [0.2, 0.25) is 0 Å². The quantitative estimate of drug-likeness (QED) is 0.654. The van der Waals surface area contributed by atoms with Crippen molar-refractivity contribution in [2.24, 2.45) is 16.7 Å². The third-order valence-electron chi connectivity index (χ3n) is 5.28. The molecular formula is C13H22O2. The second kappa shape index (κ2) is 3.23. The van der Waals surface area contributed by atoms with Gasteiger partial charge >= 0.3 is 5.97 Å². The van der Waals surface area contributed by atoms with Crippen LogP contribution in [-0.2, 0) is 9.53 Å². The average Bonchev–Trinajstić information content (AvgIpc) is 2.50. The van der Waals surface area contributed by atoms with E-state index in [-0.39, 0.29) is 17.5 Å². The minimum Gasteiger partial charge on any atom is -0.462 e. The minimum absolute atomic E-state index is 0.0374. The summed E-state index contributed by atoms with van der Waals surface area (Å²) in [5.41, 5.74) is 0.550. The number of hydrogen-bond donors (Lipinski definition) is 0. The van der Waals surface area contributed by atoms with Gasteiger partial charge in [-0.3, -0.25) is 4.79 Å². The van der Waals surface area contributed by atoms with Crippen LogP contribution in [0, 0.1) is 16.7 Å². The fourth-order valence-electron chi connectivity index (χ4n) is 3.55. The molecule has 0 radical (unpaired) electrons. The molecule has 0 spiro atoms. The third-order valence-corrected chi connectivity index (χ3v) is 5.28. The molecule has 2 fully saturated rings. The highest BCUT2D eigenvalue weighted by atomic mass is 16.5. The topological polar surface area (TPSA) is 26.3 Å². The number of esters is 1. The first-order valence-corrected chi connectivity index (χ1v) is 6.11. The van der Waals surface area contributed by atoms with E-state index in [1.54, 1.807) is 0 Å². The van der Waals surface area contributed by atoms with Gasteiger partial charge in [-0.2, -0.15) is 0 Å². The molecule has 3 unspecified atom stereocenters. The van der Waals surface area contributed by atoms with Crippen molar-refractivity contribution in [1.29, 1.82) is 0 Å². The highest BCUT2D eigenvalue weighted by molar-refractivity contribution is 5.69. The van der Waals surface area contributed by atoms with E-state index < -0.39 is 0 Å². The van der Waals surface area contributed by atoms with Gasteiger partial charge in [-0.1, -0.05) is 27.7 Å². The largest absolute Gasteiger partial charge is 0.462 e. The first-order chi connectivity index (χ1) is 6.91. The zero-order chi connectivity index (χ0) is 11.3. The van der Waals surface area contributed by atoms with Gasteiger partial charge in [0.25, 0.3) is 0 Å². The van der Waals surface area contributed by atoms with Gasteiger partial charge in [-0.05, 0) is 30.6 Å². The van der Waals surface area contributed by atoms with Gasteiger partial charge in [0, 0.05) is 11.8 Å². The smallest absolute Gasteiger partial charge is 0.305 e. The van der Waals surface area contributed by atoms with Crippen LogP contribution < -0.4 is 0 Å². The van der Waals surface area contributed by atoms with E-state index in [4.69, 9.17) is 4.74 Å². The Hall–Kier alpha value is -0.530. The Morgan fingerprint density at radius 2 is 2.07 bits per heavy atom. The molecule has 0 aliphatic heterocycles. The Kier molecular flexibility index (Phi) is 2.36. The van der Waals surface area contributed by atoms with Gasteiger partial charge in [0.1, 0.15) is 6.10 Å². The molecule has 2 rings (SSSR count). The molecule has 2 heteroatoms. The van der Waals surface area contributed by atoms with Crippen molar-refractivity contribution in [1.82, 2.24) is 0 Å². The van der Waals surface area contributed by atoms with Crippen molar-refractivity contribution >= 4 is 5.97 Å². The van der Waals surface area contributed by atoms with Gasteiger partial charge in [-0.15, -0.1) is 0 Å². The molecule has 15 heavy (non-hydrogen) atoms. The maximum Gasteiger partial charge on any atom is 0.305 e. The second-order valence-electron chi connectivity index (χ2n) is 5.94. The Labute approximate surface area is 92.4 Å². The van der Waals surface area contributed by atoms with Crippen LogP contribution in [0.15, 0.2) is 0 Å². The number of rotatable bonds is 2. The number of hydrogen-bond acceptors (Lipinski definition) is 2. The Bertz CT molecular complexity index is 282. The van der Waals surface area contributed by atoms with Crippen molar-refractivity contribution in [2.75, 3.05) is 0 Å². The summed E-state index contributed by atoms with van der Waals surface area (Å²) in [5, 5.41) is 0. The lowest BCUT2D eigenvalue weighted by molar-refractivity contribution is -0.156. The zero-order valence-corrected chi connectivity index (χ0v) is 10.3. The molecule has 0 aromatic carbocycles. The van der Waals surface area contributed by atoms with E-state index in [2.05, 4.69) is 20.8 Å². The van der Waals surface area contributed by atoms with Crippen LogP contribution >= 0.6 is 0 Å². The van der Waals surface area contributed by atoms with Crippen LogP contribution in [-0.4, -0.2) is 12.1 Å². The highest BCUT2D eigenvalue weighted by Gasteiger charge is 2.62. The molecule has 0 heterocycles.